The van der Waals surface area contributed by atoms with E-state index in [1.807, 2.05) is 38.1 Å². The number of carbonyl (C=O) groups is 1. The zero-order valence-corrected chi connectivity index (χ0v) is 18.9. The third-order valence-electron chi connectivity index (χ3n) is 5.06. The van der Waals surface area contributed by atoms with Crippen molar-refractivity contribution in [1.29, 1.82) is 0 Å². The molecule has 0 unspecified atom stereocenters. The first-order valence-corrected chi connectivity index (χ1v) is 12.4. The Morgan fingerprint density at radius 2 is 1.77 bits per heavy atom. The van der Waals surface area contributed by atoms with Gasteiger partial charge in [-0.2, -0.15) is 4.31 Å². The molecule has 2 aromatic carbocycles. The molecule has 0 saturated carbocycles. The fourth-order valence-corrected chi connectivity index (χ4v) is 6.30. The Kier molecular flexibility index (Phi) is 6.13. The van der Waals surface area contributed by atoms with Gasteiger partial charge >= 0.3 is 0 Å². The van der Waals surface area contributed by atoms with E-state index >= 15 is 0 Å². The van der Waals surface area contributed by atoms with Crippen LogP contribution < -0.4 is 10.1 Å². The summed E-state index contributed by atoms with van der Waals surface area (Å²) in [6.45, 7) is 4.05. The number of nitrogens with one attached hydrogen (secondary N) is 1. The average molecular weight is 457 g/mol. The Morgan fingerprint density at radius 3 is 2.42 bits per heavy atom. The maximum absolute atomic E-state index is 13.3. The monoisotopic (exact) mass is 456 g/mol. The average Bonchev–Trinajstić information content (AvgIpc) is 3.30. The van der Waals surface area contributed by atoms with Crippen LogP contribution in [0.15, 0.2) is 70.3 Å². The first-order valence-electron chi connectivity index (χ1n) is 10.0. The number of anilines is 1. The van der Waals surface area contributed by atoms with Gasteiger partial charge in [0.1, 0.15) is 16.0 Å². The fourth-order valence-electron chi connectivity index (χ4n) is 3.62. The molecule has 162 valence electrons. The third kappa shape index (κ3) is 4.66. The molecule has 0 bridgehead atoms. The van der Waals surface area contributed by atoms with Gasteiger partial charge in [0.2, 0.25) is 5.91 Å². The van der Waals surface area contributed by atoms with Crippen molar-refractivity contribution in [2.75, 3.05) is 5.32 Å². The molecule has 8 heteroatoms. The highest BCUT2D eigenvalue weighted by molar-refractivity contribution is 7.91. The van der Waals surface area contributed by atoms with Gasteiger partial charge in [-0.25, -0.2) is 8.42 Å². The molecule has 1 aliphatic heterocycles. The number of nitrogens with zero attached hydrogens (tertiary/aromatic N) is 1. The summed E-state index contributed by atoms with van der Waals surface area (Å²) in [6, 6.07) is 17.2. The lowest BCUT2D eigenvalue weighted by molar-refractivity contribution is -0.120. The molecule has 1 amide bonds. The Labute approximate surface area is 186 Å². The molecular formula is C23H24N2O4S2. The zero-order chi connectivity index (χ0) is 22.0. The molecule has 3 aromatic rings. The Bertz CT molecular complexity index is 1160. The molecule has 31 heavy (non-hydrogen) atoms. The van der Waals surface area contributed by atoms with Crippen molar-refractivity contribution in [1.82, 2.24) is 4.31 Å². The third-order valence-corrected chi connectivity index (χ3v) is 8.29. The SMILES string of the molecule is CC(C)Oc1ccc(NC(=O)[C@@H]2Cc3ccccc3CN2S(=O)(=O)c2cccs2)cc1. The van der Waals surface area contributed by atoms with Crippen LogP contribution in [0, 0.1) is 0 Å². The molecule has 0 aliphatic carbocycles. The van der Waals surface area contributed by atoms with E-state index in [4.69, 9.17) is 4.74 Å². The summed E-state index contributed by atoms with van der Waals surface area (Å²) in [4.78, 5) is 13.2. The highest BCUT2D eigenvalue weighted by Crippen LogP contribution is 2.31. The summed E-state index contributed by atoms with van der Waals surface area (Å²) in [5, 5.41) is 4.60. The van der Waals surface area contributed by atoms with Crippen molar-refractivity contribution in [3.63, 3.8) is 0 Å². The molecule has 1 atom stereocenters. The highest BCUT2D eigenvalue weighted by Gasteiger charge is 2.40. The lowest BCUT2D eigenvalue weighted by Gasteiger charge is -2.34. The number of ether oxygens (including phenoxy) is 1. The number of hydrogen-bond acceptors (Lipinski definition) is 5. The predicted molar refractivity (Wildman–Crippen MR) is 122 cm³/mol. The Hall–Kier alpha value is -2.68. The molecule has 1 aliphatic rings. The van der Waals surface area contributed by atoms with E-state index in [0.29, 0.717) is 17.9 Å². The molecule has 6 nitrogen and oxygen atoms in total. The molecule has 0 radical (unpaired) electrons. The smallest absolute Gasteiger partial charge is 0.253 e. The highest BCUT2D eigenvalue weighted by atomic mass is 32.2. The molecular weight excluding hydrogens is 432 g/mol. The van der Waals surface area contributed by atoms with Crippen LogP contribution in [0.2, 0.25) is 0 Å². The van der Waals surface area contributed by atoms with Gasteiger partial charge in [-0.05, 0) is 67.1 Å². The Balaban J connectivity index is 1.61. The van der Waals surface area contributed by atoms with Gasteiger partial charge in [-0.1, -0.05) is 30.3 Å². The predicted octanol–water partition coefficient (Wildman–Crippen LogP) is 4.29. The minimum Gasteiger partial charge on any atom is -0.491 e. The molecule has 1 aromatic heterocycles. The summed E-state index contributed by atoms with van der Waals surface area (Å²) < 4.78 is 33.8. The molecule has 1 N–H and O–H groups in total. The molecule has 0 fully saturated rings. The minimum atomic E-state index is -3.80. The number of rotatable bonds is 6. The van der Waals surface area contributed by atoms with E-state index in [-0.39, 0.29) is 22.8 Å². The van der Waals surface area contributed by atoms with Crippen LogP contribution in [0.25, 0.3) is 0 Å². The van der Waals surface area contributed by atoms with Crippen LogP contribution in [0.3, 0.4) is 0 Å². The van der Waals surface area contributed by atoms with Crippen molar-refractivity contribution in [3.05, 3.63) is 77.2 Å². The second-order valence-electron chi connectivity index (χ2n) is 7.65. The fraction of sp³-hybridized carbons (Fsp3) is 0.261. The van der Waals surface area contributed by atoms with E-state index in [2.05, 4.69) is 5.32 Å². The van der Waals surface area contributed by atoms with Crippen LogP contribution in [0.4, 0.5) is 5.69 Å². The van der Waals surface area contributed by atoms with E-state index in [1.165, 1.54) is 4.31 Å². The maximum atomic E-state index is 13.3. The second-order valence-corrected chi connectivity index (χ2v) is 10.7. The normalized spacial score (nSPS) is 16.7. The van der Waals surface area contributed by atoms with Gasteiger partial charge in [0.15, 0.2) is 0 Å². The summed E-state index contributed by atoms with van der Waals surface area (Å²) in [7, 11) is -3.80. The number of benzene rings is 2. The number of amides is 1. The van der Waals surface area contributed by atoms with Crippen molar-refractivity contribution in [2.45, 2.75) is 43.2 Å². The van der Waals surface area contributed by atoms with Crippen LogP contribution in [0.5, 0.6) is 5.75 Å². The van der Waals surface area contributed by atoms with Gasteiger partial charge < -0.3 is 10.1 Å². The molecule has 2 heterocycles. The molecule has 0 saturated heterocycles. The largest absolute Gasteiger partial charge is 0.491 e. The van der Waals surface area contributed by atoms with E-state index in [1.54, 1.807) is 41.8 Å². The van der Waals surface area contributed by atoms with Gasteiger partial charge in [0.05, 0.1) is 6.10 Å². The van der Waals surface area contributed by atoms with Gasteiger partial charge in [0.25, 0.3) is 10.0 Å². The zero-order valence-electron chi connectivity index (χ0n) is 17.3. The first-order chi connectivity index (χ1) is 14.8. The summed E-state index contributed by atoms with van der Waals surface area (Å²) >= 11 is 1.15. The van der Waals surface area contributed by atoms with E-state index < -0.39 is 16.1 Å². The van der Waals surface area contributed by atoms with Crippen LogP contribution in [0.1, 0.15) is 25.0 Å². The number of sulfonamides is 1. The van der Waals surface area contributed by atoms with E-state index in [9.17, 15) is 13.2 Å². The maximum Gasteiger partial charge on any atom is 0.253 e. The summed E-state index contributed by atoms with van der Waals surface area (Å²) in [5.74, 6) is 0.355. The van der Waals surface area contributed by atoms with E-state index in [0.717, 1.165) is 22.5 Å². The number of hydrogen-bond donors (Lipinski definition) is 1. The van der Waals surface area contributed by atoms with Crippen molar-refractivity contribution >= 4 is 33.0 Å². The van der Waals surface area contributed by atoms with Crippen molar-refractivity contribution < 1.29 is 17.9 Å². The number of carbonyl (C=O) groups excluding carboxylic acids is 1. The van der Waals surface area contributed by atoms with Crippen molar-refractivity contribution in [2.24, 2.45) is 0 Å². The van der Waals surface area contributed by atoms with Crippen LogP contribution in [-0.4, -0.2) is 30.8 Å². The van der Waals surface area contributed by atoms with Gasteiger partial charge in [-0.15, -0.1) is 11.3 Å². The van der Waals surface area contributed by atoms with Gasteiger partial charge in [0, 0.05) is 12.2 Å². The number of thiophene rings is 1. The number of fused-ring (bicyclic) bond motifs is 1. The molecule has 4 rings (SSSR count). The Morgan fingerprint density at radius 1 is 1.06 bits per heavy atom. The summed E-state index contributed by atoms with van der Waals surface area (Å²) in [6.07, 6.45) is 0.375. The minimum absolute atomic E-state index is 0.0544. The molecule has 0 spiro atoms. The lowest BCUT2D eigenvalue weighted by Crippen LogP contribution is -2.50. The standard InChI is InChI=1S/C23H24N2O4S2/c1-16(2)29-20-11-9-19(10-12-20)24-23(26)21-14-17-6-3-4-7-18(17)15-25(21)31(27,28)22-8-5-13-30-22/h3-13,16,21H,14-15H2,1-2H3,(H,24,26)/t21-/m0/s1. The lowest BCUT2D eigenvalue weighted by atomic mass is 9.95. The van der Waals surface area contributed by atoms with Crippen LogP contribution in [-0.2, 0) is 27.8 Å². The second kappa shape index (κ2) is 8.82. The summed E-state index contributed by atoms with van der Waals surface area (Å²) in [5.41, 5.74) is 2.50. The first kappa shape index (κ1) is 21.5. The topological polar surface area (TPSA) is 75.7 Å². The van der Waals surface area contributed by atoms with Crippen LogP contribution >= 0.6 is 11.3 Å². The quantitative estimate of drug-likeness (QED) is 0.600. The van der Waals surface area contributed by atoms with Crippen molar-refractivity contribution in [3.8, 4) is 5.75 Å². The van der Waals surface area contributed by atoms with Gasteiger partial charge in [-0.3, -0.25) is 4.79 Å².